The first-order valence-corrected chi connectivity index (χ1v) is 9.02. The second-order valence-corrected chi connectivity index (χ2v) is 6.83. The first kappa shape index (κ1) is 18.6. The van der Waals surface area contributed by atoms with Crippen molar-refractivity contribution in [1.82, 2.24) is 9.97 Å². The number of amides is 1. The van der Waals surface area contributed by atoms with Gasteiger partial charge in [-0.05, 0) is 44.9 Å². The Balaban J connectivity index is 1.98. The lowest BCUT2D eigenvalue weighted by atomic mass is 10.1. The molecule has 1 aromatic heterocycles. The zero-order valence-corrected chi connectivity index (χ0v) is 16.1. The Morgan fingerprint density at radius 2 is 1.70 bits per heavy atom. The summed E-state index contributed by atoms with van der Waals surface area (Å²) < 4.78 is 0. The van der Waals surface area contributed by atoms with Crippen molar-refractivity contribution in [2.24, 2.45) is 0 Å². The number of aromatic nitrogens is 2. The fraction of sp³-hybridized carbons (Fsp3) is 0.227. The van der Waals surface area contributed by atoms with E-state index in [9.17, 15) is 4.79 Å². The van der Waals surface area contributed by atoms with E-state index in [0.717, 1.165) is 22.4 Å². The number of nitrogens with zero attached hydrogens (tertiary/aromatic N) is 2. The van der Waals surface area contributed by atoms with E-state index in [1.54, 1.807) is 6.07 Å². The highest BCUT2D eigenvalue weighted by atomic mass is 16.1. The summed E-state index contributed by atoms with van der Waals surface area (Å²) in [5.41, 5.74) is 4.16. The molecule has 0 saturated heterocycles. The van der Waals surface area contributed by atoms with E-state index >= 15 is 0 Å². The van der Waals surface area contributed by atoms with Crippen molar-refractivity contribution in [2.45, 2.75) is 33.7 Å². The summed E-state index contributed by atoms with van der Waals surface area (Å²) in [5.74, 6) is 0.896. The van der Waals surface area contributed by atoms with Gasteiger partial charge in [0.25, 0.3) is 5.91 Å². The molecule has 0 aliphatic carbocycles. The van der Waals surface area contributed by atoms with Crippen LogP contribution in [0.2, 0.25) is 0 Å². The van der Waals surface area contributed by atoms with Crippen molar-refractivity contribution in [1.29, 1.82) is 0 Å². The number of nitrogens with one attached hydrogen (secondary N) is 2. The zero-order valence-electron chi connectivity index (χ0n) is 16.1. The molecule has 0 aliphatic rings. The summed E-state index contributed by atoms with van der Waals surface area (Å²) in [6.07, 6.45) is 0. The Bertz CT molecular complexity index is 952. The summed E-state index contributed by atoms with van der Waals surface area (Å²) in [6, 6.07) is 17.4. The predicted molar refractivity (Wildman–Crippen MR) is 110 cm³/mol. The van der Waals surface area contributed by atoms with Gasteiger partial charge in [0.2, 0.25) is 0 Å². The Labute approximate surface area is 159 Å². The van der Waals surface area contributed by atoms with Crippen LogP contribution >= 0.6 is 0 Å². The molecule has 2 N–H and O–H groups in total. The number of rotatable bonds is 5. The number of carbonyl (C=O) groups is 1. The third-order valence-corrected chi connectivity index (χ3v) is 4.28. The molecule has 0 unspecified atom stereocenters. The van der Waals surface area contributed by atoms with E-state index in [2.05, 4.69) is 20.6 Å². The Morgan fingerprint density at radius 1 is 0.963 bits per heavy atom. The Morgan fingerprint density at radius 3 is 2.41 bits per heavy atom. The maximum Gasteiger partial charge on any atom is 0.274 e. The van der Waals surface area contributed by atoms with E-state index in [1.165, 1.54) is 0 Å². The molecule has 3 aromatic rings. The molecule has 5 nitrogen and oxygen atoms in total. The number of carbonyl (C=O) groups excluding carboxylic acids is 1. The van der Waals surface area contributed by atoms with Gasteiger partial charge in [0.15, 0.2) is 5.82 Å². The zero-order chi connectivity index (χ0) is 19.4. The summed E-state index contributed by atoms with van der Waals surface area (Å²) in [4.78, 5) is 21.9. The molecule has 3 rings (SSSR count). The molecule has 5 heteroatoms. The maximum absolute atomic E-state index is 12.9. The van der Waals surface area contributed by atoms with Gasteiger partial charge in [0, 0.05) is 23.4 Å². The lowest BCUT2D eigenvalue weighted by molar-refractivity contribution is 0.102. The Hall–Kier alpha value is -3.21. The molecule has 0 saturated carbocycles. The van der Waals surface area contributed by atoms with Gasteiger partial charge in [-0.2, -0.15) is 0 Å². The smallest absolute Gasteiger partial charge is 0.274 e. The number of anilines is 2. The lowest BCUT2D eigenvalue weighted by Gasteiger charge is -2.13. The lowest BCUT2D eigenvalue weighted by Crippen LogP contribution is -2.18. The highest BCUT2D eigenvalue weighted by Gasteiger charge is 2.15. The highest BCUT2D eigenvalue weighted by Crippen LogP contribution is 2.21. The van der Waals surface area contributed by atoms with Gasteiger partial charge in [0.1, 0.15) is 11.5 Å². The molecule has 0 atom stereocenters. The standard InChI is InChI=1S/C22H24N4O/c1-14(2)23-20-13-19(24-21(26-20)17-10-6-5-7-11-17)22(27)25-18-12-8-9-15(3)16(18)4/h5-14H,1-4H3,(H,25,27)(H,23,24,26). The molecular formula is C22H24N4O. The van der Waals surface area contributed by atoms with Crippen LogP contribution < -0.4 is 10.6 Å². The van der Waals surface area contributed by atoms with Gasteiger partial charge in [-0.15, -0.1) is 0 Å². The van der Waals surface area contributed by atoms with E-state index in [0.29, 0.717) is 17.3 Å². The average Bonchev–Trinajstić information content (AvgIpc) is 2.65. The molecule has 0 fully saturated rings. The van der Waals surface area contributed by atoms with Gasteiger partial charge < -0.3 is 10.6 Å². The second-order valence-electron chi connectivity index (χ2n) is 6.83. The molecule has 1 amide bonds. The third-order valence-electron chi connectivity index (χ3n) is 4.28. The minimum Gasteiger partial charge on any atom is -0.368 e. The number of hydrogen-bond acceptors (Lipinski definition) is 4. The van der Waals surface area contributed by atoms with Crippen LogP contribution in [0.15, 0.2) is 54.6 Å². The van der Waals surface area contributed by atoms with Crippen molar-refractivity contribution in [3.8, 4) is 11.4 Å². The SMILES string of the molecule is Cc1cccc(NC(=O)c2cc(NC(C)C)nc(-c3ccccc3)n2)c1C. The van der Waals surface area contributed by atoms with E-state index in [4.69, 9.17) is 0 Å². The fourth-order valence-corrected chi connectivity index (χ4v) is 2.72. The minimum absolute atomic E-state index is 0.193. The van der Waals surface area contributed by atoms with Crippen LogP contribution in [0.25, 0.3) is 11.4 Å². The van der Waals surface area contributed by atoms with Crippen LogP contribution in [0.3, 0.4) is 0 Å². The molecule has 2 aromatic carbocycles. The van der Waals surface area contributed by atoms with Gasteiger partial charge in [-0.3, -0.25) is 4.79 Å². The topological polar surface area (TPSA) is 66.9 Å². The first-order valence-electron chi connectivity index (χ1n) is 9.02. The largest absolute Gasteiger partial charge is 0.368 e. The van der Waals surface area contributed by atoms with Crippen molar-refractivity contribution in [3.05, 3.63) is 71.4 Å². The molecule has 1 heterocycles. The molecule has 0 aliphatic heterocycles. The molecule has 27 heavy (non-hydrogen) atoms. The molecule has 0 spiro atoms. The number of hydrogen-bond donors (Lipinski definition) is 2. The molecule has 138 valence electrons. The molecular weight excluding hydrogens is 336 g/mol. The average molecular weight is 360 g/mol. The quantitative estimate of drug-likeness (QED) is 0.684. The first-order chi connectivity index (χ1) is 12.9. The highest BCUT2D eigenvalue weighted by molar-refractivity contribution is 6.04. The van der Waals surface area contributed by atoms with Gasteiger partial charge in [-0.25, -0.2) is 9.97 Å². The van der Waals surface area contributed by atoms with Crippen molar-refractivity contribution < 1.29 is 4.79 Å². The summed E-state index contributed by atoms with van der Waals surface area (Å²) in [6.45, 7) is 8.07. The van der Waals surface area contributed by atoms with E-state index in [1.807, 2.05) is 76.2 Å². The number of aryl methyl sites for hydroxylation is 1. The maximum atomic E-state index is 12.9. The minimum atomic E-state index is -0.255. The summed E-state index contributed by atoms with van der Waals surface area (Å²) in [5, 5.41) is 6.23. The Kier molecular flexibility index (Phi) is 5.50. The molecule has 0 radical (unpaired) electrons. The van der Waals surface area contributed by atoms with E-state index < -0.39 is 0 Å². The summed E-state index contributed by atoms with van der Waals surface area (Å²) in [7, 11) is 0. The van der Waals surface area contributed by atoms with Crippen molar-refractivity contribution >= 4 is 17.4 Å². The van der Waals surface area contributed by atoms with Crippen LogP contribution in [-0.2, 0) is 0 Å². The second kappa shape index (κ2) is 7.99. The van der Waals surface area contributed by atoms with Gasteiger partial charge in [0.05, 0.1) is 0 Å². The normalized spacial score (nSPS) is 10.7. The summed E-state index contributed by atoms with van der Waals surface area (Å²) >= 11 is 0. The van der Waals surface area contributed by atoms with E-state index in [-0.39, 0.29) is 11.9 Å². The van der Waals surface area contributed by atoms with Crippen LogP contribution in [0.1, 0.15) is 35.5 Å². The van der Waals surface area contributed by atoms with Gasteiger partial charge >= 0.3 is 0 Å². The van der Waals surface area contributed by atoms with Crippen LogP contribution in [0.4, 0.5) is 11.5 Å². The monoisotopic (exact) mass is 360 g/mol. The van der Waals surface area contributed by atoms with Crippen LogP contribution in [-0.4, -0.2) is 21.9 Å². The van der Waals surface area contributed by atoms with Crippen LogP contribution in [0, 0.1) is 13.8 Å². The fourth-order valence-electron chi connectivity index (χ4n) is 2.72. The van der Waals surface area contributed by atoms with Crippen molar-refractivity contribution in [2.75, 3.05) is 10.6 Å². The number of benzene rings is 2. The van der Waals surface area contributed by atoms with Crippen molar-refractivity contribution in [3.63, 3.8) is 0 Å². The molecule has 0 bridgehead atoms. The van der Waals surface area contributed by atoms with Crippen LogP contribution in [0.5, 0.6) is 0 Å². The van der Waals surface area contributed by atoms with Gasteiger partial charge in [-0.1, -0.05) is 42.5 Å². The predicted octanol–water partition coefficient (Wildman–Crippen LogP) is 4.83. The third kappa shape index (κ3) is 4.50.